The molecule has 2 aromatic carbocycles. The van der Waals surface area contributed by atoms with Crippen molar-refractivity contribution in [1.82, 2.24) is 10.3 Å². The minimum absolute atomic E-state index is 0.108. The molecular formula is C27H38N6O4. The molecule has 1 unspecified atom stereocenters. The van der Waals surface area contributed by atoms with Gasteiger partial charge >= 0.3 is 0 Å². The number of aliphatic hydroxyl groups is 1. The Kier molecular flexibility index (Phi) is 12.5. The van der Waals surface area contributed by atoms with E-state index in [0.717, 1.165) is 17.7 Å². The number of primary amides is 1. The van der Waals surface area contributed by atoms with Crippen LogP contribution < -0.4 is 16.4 Å². The predicted molar refractivity (Wildman–Crippen MR) is 150 cm³/mol. The average molecular weight is 511 g/mol. The molecule has 0 radical (unpaired) electrons. The van der Waals surface area contributed by atoms with Gasteiger partial charge < -0.3 is 26.2 Å². The number of methoxy groups -OCH3 is 1. The van der Waals surface area contributed by atoms with Crippen molar-refractivity contribution >= 4 is 36.2 Å². The fraction of sp³-hybridized carbons (Fsp3) is 0.333. The monoisotopic (exact) mass is 510 g/mol. The third-order valence-corrected chi connectivity index (χ3v) is 5.47. The van der Waals surface area contributed by atoms with Crippen molar-refractivity contribution in [1.29, 1.82) is 0 Å². The van der Waals surface area contributed by atoms with Crippen molar-refractivity contribution < 1.29 is 19.4 Å². The number of hydrazone groups is 1. The molecule has 5 N–H and O–H groups in total. The van der Waals surface area contributed by atoms with Crippen molar-refractivity contribution in [2.24, 2.45) is 15.8 Å². The van der Waals surface area contributed by atoms with Crippen LogP contribution in [-0.2, 0) is 16.1 Å². The lowest BCUT2D eigenvalue weighted by Gasteiger charge is -2.38. The Morgan fingerprint density at radius 2 is 1.89 bits per heavy atom. The quantitative estimate of drug-likeness (QED) is 0.298. The second-order valence-corrected chi connectivity index (χ2v) is 8.03. The number of carbonyl (C=O) groups excluding carboxylic acids is 2. The number of benzene rings is 2. The van der Waals surface area contributed by atoms with E-state index >= 15 is 0 Å². The number of carbonyl (C=O) groups is 2. The maximum absolute atomic E-state index is 11.5. The molecule has 1 aliphatic rings. The number of allylic oxidation sites excluding steroid dienone is 1. The number of aliphatic hydroxyl groups excluding tert-OH is 1. The number of anilines is 1. The highest BCUT2D eigenvalue weighted by Gasteiger charge is 2.33. The van der Waals surface area contributed by atoms with Crippen LogP contribution in [0.1, 0.15) is 42.3 Å². The summed E-state index contributed by atoms with van der Waals surface area (Å²) in [4.78, 5) is 24.5. The van der Waals surface area contributed by atoms with E-state index in [1.54, 1.807) is 29.3 Å². The van der Waals surface area contributed by atoms with Gasteiger partial charge in [-0.25, -0.2) is 0 Å². The molecule has 1 heterocycles. The maximum Gasteiger partial charge on any atom is 0.292 e. The fourth-order valence-electron chi connectivity index (χ4n) is 3.37. The second kappa shape index (κ2) is 15.0. The molecule has 1 atom stereocenters. The summed E-state index contributed by atoms with van der Waals surface area (Å²) in [6.45, 7) is 11.1. The van der Waals surface area contributed by atoms with E-state index in [1.807, 2.05) is 59.1 Å². The highest BCUT2D eigenvalue weighted by atomic mass is 16.5. The van der Waals surface area contributed by atoms with E-state index in [-0.39, 0.29) is 5.76 Å². The lowest BCUT2D eigenvalue weighted by molar-refractivity contribution is -0.126. The van der Waals surface area contributed by atoms with Crippen LogP contribution in [0.4, 0.5) is 11.4 Å². The summed E-state index contributed by atoms with van der Waals surface area (Å²) < 4.78 is 3.86. The van der Waals surface area contributed by atoms with Gasteiger partial charge in [-0.1, -0.05) is 38.1 Å². The molecule has 1 aliphatic heterocycles. The first-order valence-corrected chi connectivity index (χ1v) is 11.8. The second-order valence-electron chi connectivity index (χ2n) is 8.03. The van der Waals surface area contributed by atoms with Gasteiger partial charge in [0.1, 0.15) is 11.5 Å². The van der Waals surface area contributed by atoms with Crippen LogP contribution >= 0.6 is 0 Å². The number of likely N-dealkylation sites (N-methyl/N-ethyl adjacent to an activating group) is 1. The van der Waals surface area contributed by atoms with E-state index < -0.39 is 11.4 Å². The van der Waals surface area contributed by atoms with Gasteiger partial charge in [0.05, 0.1) is 24.0 Å². The van der Waals surface area contributed by atoms with Crippen LogP contribution in [-0.4, -0.2) is 68.2 Å². The Hall–Kier alpha value is -4.18. The Bertz CT molecular complexity index is 1110. The van der Waals surface area contributed by atoms with Gasteiger partial charge in [-0.2, -0.15) is 5.10 Å². The number of nitrogens with two attached hydrogens (primary N) is 1. The van der Waals surface area contributed by atoms with E-state index in [0.29, 0.717) is 35.7 Å². The highest BCUT2D eigenvalue weighted by Crippen LogP contribution is 2.29. The molecule has 0 aromatic heterocycles. The Labute approximate surface area is 218 Å². The summed E-state index contributed by atoms with van der Waals surface area (Å²) in [5, 5.41) is 23.6. The molecule has 10 heteroatoms. The van der Waals surface area contributed by atoms with Crippen LogP contribution in [0.5, 0.6) is 0 Å². The Morgan fingerprint density at radius 1 is 1.27 bits per heavy atom. The van der Waals surface area contributed by atoms with Crippen LogP contribution in [0, 0.1) is 0 Å². The number of nitrogens with one attached hydrogen (secondary N) is 2. The van der Waals surface area contributed by atoms with E-state index in [1.165, 1.54) is 7.11 Å². The maximum atomic E-state index is 11.5. The smallest absolute Gasteiger partial charge is 0.292 e. The summed E-state index contributed by atoms with van der Waals surface area (Å²) >= 11 is 0. The van der Waals surface area contributed by atoms with Crippen LogP contribution in [0.3, 0.4) is 0 Å². The lowest BCUT2D eigenvalue weighted by Crippen LogP contribution is -2.48. The minimum Gasteiger partial charge on any atom is -0.506 e. The van der Waals surface area contributed by atoms with Crippen LogP contribution in [0.2, 0.25) is 0 Å². The molecule has 3 rings (SSSR count). The van der Waals surface area contributed by atoms with Crippen molar-refractivity contribution in [3.8, 4) is 0 Å². The molecule has 10 nitrogen and oxygen atoms in total. The van der Waals surface area contributed by atoms with Gasteiger partial charge in [-0.05, 0) is 50.5 Å². The number of rotatable bonds is 9. The number of hydrogen-bond acceptors (Lipinski definition) is 9. The molecule has 200 valence electrons. The molecule has 0 saturated heterocycles. The lowest BCUT2D eigenvalue weighted by atomic mass is 9.95. The third kappa shape index (κ3) is 8.46. The first-order chi connectivity index (χ1) is 17.7. The minimum atomic E-state index is -0.624. The van der Waals surface area contributed by atoms with Crippen molar-refractivity contribution in [3.63, 3.8) is 0 Å². The standard InChI is InChI=1S/C23H28N6O2.C2H4O2.C2H6/c1-23(14-27-19-11-17(22(24)31)9-10-18(19)26-3)12-20(30)21(28-29(23)4)16-7-5-15(6-8-16)13-25-2;1-4-2-3;1-2/h5-12,25,27,30H,3,13-14H2,1-2,4H3,(H2,24,31);2H,1H3;1-2H3. The molecular weight excluding hydrogens is 472 g/mol. The van der Waals surface area contributed by atoms with E-state index in [9.17, 15) is 9.90 Å². The summed E-state index contributed by atoms with van der Waals surface area (Å²) in [5.41, 5.74) is 8.87. The summed E-state index contributed by atoms with van der Waals surface area (Å²) in [7, 11) is 5.06. The van der Waals surface area contributed by atoms with Crippen molar-refractivity contribution in [2.45, 2.75) is 32.9 Å². The molecule has 0 bridgehead atoms. The first-order valence-electron chi connectivity index (χ1n) is 11.8. The molecule has 0 fully saturated rings. The number of aliphatic imine (C=N–C) groups is 1. The zero-order valence-corrected chi connectivity index (χ0v) is 22.4. The zero-order valence-electron chi connectivity index (χ0n) is 22.4. The molecule has 37 heavy (non-hydrogen) atoms. The van der Waals surface area contributed by atoms with Gasteiger partial charge in [0.25, 0.3) is 6.47 Å². The fourth-order valence-corrected chi connectivity index (χ4v) is 3.37. The van der Waals surface area contributed by atoms with E-state index in [2.05, 4.69) is 32.2 Å². The van der Waals surface area contributed by atoms with Gasteiger partial charge in [0.15, 0.2) is 0 Å². The van der Waals surface area contributed by atoms with Crippen molar-refractivity contribution in [3.05, 3.63) is 71.0 Å². The normalized spacial score (nSPS) is 16.0. The molecule has 1 amide bonds. The highest BCUT2D eigenvalue weighted by molar-refractivity contribution is 6.11. The largest absolute Gasteiger partial charge is 0.506 e. The van der Waals surface area contributed by atoms with Crippen LogP contribution in [0.25, 0.3) is 0 Å². The van der Waals surface area contributed by atoms with Crippen molar-refractivity contribution in [2.75, 3.05) is 33.1 Å². The molecule has 0 saturated carbocycles. The SMILES string of the molecule is C=Nc1ccc(C(N)=O)cc1NCC1(C)C=C(O)C(c2ccc(CNC)cc2)=NN1C.CC.COC=O. The van der Waals surface area contributed by atoms with Gasteiger partial charge in [0, 0.05) is 31.3 Å². The summed E-state index contributed by atoms with van der Waals surface area (Å²) in [6.07, 6.45) is 1.77. The summed E-state index contributed by atoms with van der Waals surface area (Å²) in [6, 6.07) is 12.8. The van der Waals surface area contributed by atoms with Gasteiger partial charge in [-0.15, -0.1) is 0 Å². The third-order valence-electron chi connectivity index (χ3n) is 5.47. The number of nitrogens with zero attached hydrogens (tertiary/aromatic N) is 3. The predicted octanol–water partition coefficient (Wildman–Crippen LogP) is 3.61. The zero-order chi connectivity index (χ0) is 28.0. The average Bonchev–Trinajstić information content (AvgIpc) is 2.91. The van der Waals surface area contributed by atoms with Gasteiger partial charge in [-0.3, -0.25) is 19.6 Å². The summed E-state index contributed by atoms with van der Waals surface area (Å²) in [5.74, 6) is -0.413. The molecule has 2 aromatic rings. The topological polar surface area (TPSA) is 142 Å². The Balaban J connectivity index is 0.00000104. The van der Waals surface area contributed by atoms with Crippen LogP contribution in [0.15, 0.2) is 64.4 Å². The number of ether oxygens (including phenoxy) is 1. The first kappa shape index (κ1) is 30.9. The molecule has 0 spiro atoms. The molecule has 0 aliphatic carbocycles. The van der Waals surface area contributed by atoms with E-state index in [4.69, 9.17) is 10.5 Å². The van der Waals surface area contributed by atoms with Gasteiger partial charge in [0.2, 0.25) is 5.91 Å². The number of hydrogen-bond donors (Lipinski definition) is 4. The number of amides is 1. The Morgan fingerprint density at radius 3 is 2.41 bits per heavy atom.